The minimum Gasteiger partial charge on any atom is -0.465 e. The molecule has 38 heavy (non-hydrogen) atoms. The molecule has 1 rings (SSSR count). The molecule has 0 N–H and O–H groups in total. The van der Waals surface area contributed by atoms with Crippen LogP contribution in [0.5, 0.6) is 5.75 Å². The summed E-state index contributed by atoms with van der Waals surface area (Å²) in [7, 11) is -3.65. The number of benzene rings is 1. The zero-order chi connectivity index (χ0) is 29.6. The van der Waals surface area contributed by atoms with Gasteiger partial charge in [0.1, 0.15) is 11.4 Å². The summed E-state index contributed by atoms with van der Waals surface area (Å²) in [6.45, 7) is 27.9. The summed E-state index contributed by atoms with van der Waals surface area (Å²) in [5.41, 5.74) is -0.110. The number of carbonyl (C=O) groups is 2. The van der Waals surface area contributed by atoms with Gasteiger partial charge in [0.15, 0.2) is 16.6 Å². The number of esters is 1. The highest BCUT2D eigenvalue weighted by atomic mass is 28.4. The second-order valence-electron chi connectivity index (χ2n) is 14.0. The lowest BCUT2D eigenvalue weighted by Gasteiger charge is -2.42. The fraction of sp³-hybridized carbons (Fsp3) is 0.733. The summed E-state index contributed by atoms with van der Waals surface area (Å²) in [6, 6.07) is 8.36. The highest BCUT2D eigenvalue weighted by Crippen LogP contribution is 2.39. The van der Waals surface area contributed by atoms with E-state index in [-0.39, 0.29) is 16.9 Å². The predicted octanol–water partition coefficient (Wildman–Crippen LogP) is 9.07. The molecule has 6 nitrogen and oxygen atoms in total. The van der Waals surface area contributed by atoms with Crippen molar-refractivity contribution in [3.05, 3.63) is 29.8 Å². The fourth-order valence-corrected chi connectivity index (χ4v) is 12.3. The summed E-state index contributed by atoms with van der Waals surface area (Å²) < 4.78 is 23.0. The summed E-state index contributed by atoms with van der Waals surface area (Å²) in [6.07, 6.45) is 1.47. The Bertz CT molecular complexity index is 912. The average molecular weight is 567 g/mol. The molecule has 0 fully saturated rings. The van der Waals surface area contributed by atoms with Crippen molar-refractivity contribution in [1.29, 1.82) is 0 Å². The van der Waals surface area contributed by atoms with Gasteiger partial charge in [0.2, 0.25) is 0 Å². The number of hydrogen-bond donors (Lipinski definition) is 0. The standard InChI is InChI=1S/C30H54O6Si2/c1-14-30(9,26(31)33-20-15-21-37(10,11)36-38(12,13)29(6,7)8)22-23(2)24-16-18-25(19-17-24)34-27(32)35-28(3,4)5/h16-19,23H,14-15,20-22H2,1-13H3. The van der Waals surface area contributed by atoms with Gasteiger partial charge >= 0.3 is 12.1 Å². The first kappa shape index (κ1) is 34.4. The molecule has 0 spiro atoms. The van der Waals surface area contributed by atoms with Crippen molar-refractivity contribution in [3.63, 3.8) is 0 Å². The first-order valence-electron chi connectivity index (χ1n) is 14.0. The van der Waals surface area contributed by atoms with Crippen molar-refractivity contribution < 1.29 is 27.9 Å². The molecule has 1 aromatic carbocycles. The Morgan fingerprint density at radius 1 is 0.921 bits per heavy atom. The molecule has 0 aliphatic carbocycles. The Morgan fingerprint density at radius 3 is 1.95 bits per heavy atom. The van der Waals surface area contributed by atoms with Crippen molar-refractivity contribution in [2.75, 3.05) is 6.61 Å². The van der Waals surface area contributed by atoms with E-state index in [1.54, 1.807) is 32.9 Å². The quantitative estimate of drug-likeness (QED) is 0.109. The SMILES string of the molecule is CCC(C)(CC(C)c1ccc(OC(=O)OC(C)(C)C)cc1)C(=O)OCCC[Si](C)(C)O[Si](C)(C)C(C)(C)C. The number of rotatable bonds is 12. The third kappa shape index (κ3) is 11.2. The van der Waals surface area contributed by atoms with Gasteiger partial charge in [-0.15, -0.1) is 0 Å². The molecule has 0 aliphatic heterocycles. The Kier molecular flexibility index (Phi) is 11.9. The maximum absolute atomic E-state index is 13.1. The zero-order valence-corrected chi connectivity index (χ0v) is 28.4. The van der Waals surface area contributed by atoms with Crippen LogP contribution in [-0.4, -0.2) is 41.0 Å². The van der Waals surface area contributed by atoms with Crippen LogP contribution < -0.4 is 4.74 Å². The van der Waals surface area contributed by atoms with Gasteiger partial charge in [-0.1, -0.05) is 46.8 Å². The predicted molar refractivity (Wildman–Crippen MR) is 161 cm³/mol. The second kappa shape index (κ2) is 13.1. The summed E-state index contributed by atoms with van der Waals surface area (Å²) >= 11 is 0. The molecule has 0 saturated heterocycles. The molecule has 2 unspecified atom stereocenters. The van der Waals surface area contributed by atoms with Crippen molar-refractivity contribution >= 4 is 28.8 Å². The monoisotopic (exact) mass is 566 g/mol. The van der Waals surface area contributed by atoms with Gasteiger partial charge in [0, 0.05) is 0 Å². The molecule has 0 bridgehead atoms. The molecule has 1 aromatic rings. The van der Waals surface area contributed by atoms with Crippen LogP contribution >= 0.6 is 0 Å². The van der Waals surface area contributed by atoms with Crippen LogP contribution in [0.4, 0.5) is 4.79 Å². The molecule has 2 atom stereocenters. The summed E-state index contributed by atoms with van der Waals surface area (Å²) in [5, 5.41) is 0.189. The second-order valence-corrected chi connectivity index (χ2v) is 23.4. The van der Waals surface area contributed by atoms with Crippen molar-refractivity contribution in [1.82, 2.24) is 0 Å². The molecule has 0 saturated carbocycles. The van der Waals surface area contributed by atoms with Gasteiger partial charge in [0.05, 0.1) is 12.0 Å². The van der Waals surface area contributed by atoms with Crippen LogP contribution in [0.25, 0.3) is 0 Å². The molecule has 8 heteroatoms. The van der Waals surface area contributed by atoms with Gasteiger partial charge in [-0.3, -0.25) is 4.79 Å². The number of hydrogen-bond acceptors (Lipinski definition) is 6. The van der Waals surface area contributed by atoms with Gasteiger partial charge in [-0.2, -0.15) is 0 Å². The lowest BCUT2D eigenvalue weighted by atomic mass is 9.77. The van der Waals surface area contributed by atoms with Gasteiger partial charge in [-0.25, -0.2) is 4.79 Å². The fourth-order valence-electron chi connectivity index (χ4n) is 4.13. The first-order valence-corrected chi connectivity index (χ1v) is 20.0. The molecule has 0 radical (unpaired) electrons. The van der Waals surface area contributed by atoms with Gasteiger partial charge in [-0.05, 0) is 108 Å². The lowest BCUT2D eigenvalue weighted by molar-refractivity contribution is -0.156. The van der Waals surface area contributed by atoms with E-state index < -0.39 is 33.8 Å². The van der Waals surface area contributed by atoms with Crippen LogP contribution in [0.15, 0.2) is 24.3 Å². The van der Waals surface area contributed by atoms with E-state index in [0.717, 1.165) is 18.0 Å². The van der Waals surface area contributed by atoms with Crippen LogP contribution in [0.3, 0.4) is 0 Å². The van der Waals surface area contributed by atoms with Crippen LogP contribution in [0.1, 0.15) is 93.1 Å². The Morgan fingerprint density at radius 2 is 1.47 bits per heavy atom. The molecular formula is C30H54O6Si2. The molecule has 0 aromatic heterocycles. The van der Waals surface area contributed by atoms with E-state index in [1.807, 2.05) is 26.0 Å². The molecule has 0 amide bonds. The Hall–Kier alpha value is -1.65. The highest BCUT2D eigenvalue weighted by molar-refractivity contribution is 6.86. The van der Waals surface area contributed by atoms with Crippen LogP contribution in [0.2, 0.25) is 37.3 Å². The largest absolute Gasteiger partial charge is 0.514 e. The van der Waals surface area contributed by atoms with E-state index in [4.69, 9.17) is 18.3 Å². The van der Waals surface area contributed by atoms with E-state index in [2.05, 4.69) is 53.9 Å². The minimum atomic E-state index is -1.84. The molecular weight excluding hydrogens is 512 g/mol. The van der Waals surface area contributed by atoms with Crippen molar-refractivity contribution in [3.8, 4) is 5.75 Å². The summed E-state index contributed by atoms with van der Waals surface area (Å²) in [5.74, 6) is 0.422. The Balaban J connectivity index is 2.66. The number of ether oxygens (including phenoxy) is 3. The third-order valence-corrected chi connectivity index (χ3v) is 17.0. The van der Waals surface area contributed by atoms with Crippen molar-refractivity contribution in [2.24, 2.45) is 5.41 Å². The van der Waals surface area contributed by atoms with E-state index >= 15 is 0 Å². The zero-order valence-electron chi connectivity index (χ0n) is 26.4. The van der Waals surface area contributed by atoms with Crippen molar-refractivity contribution in [2.45, 2.75) is 130 Å². The van der Waals surface area contributed by atoms with E-state index in [1.165, 1.54) is 0 Å². The first-order chi connectivity index (χ1) is 17.1. The van der Waals surface area contributed by atoms with Gasteiger partial charge in [0.25, 0.3) is 0 Å². The topological polar surface area (TPSA) is 71.1 Å². The molecule has 218 valence electrons. The van der Waals surface area contributed by atoms with E-state index in [9.17, 15) is 9.59 Å². The van der Waals surface area contributed by atoms with Crippen LogP contribution in [0, 0.1) is 5.41 Å². The van der Waals surface area contributed by atoms with E-state index in [0.29, 0.717) is 25.2 Å². The maximum atomic E-state index is 13.1. The molecule has 0 aliphatic rings. The Labute approximate surface area is 234 Å². The summed E-state index contributed by atoms with van der Waals surface area (Å²) in [4.78, 5) is 25.0. The maximum Gasteiger partial charge on any atom is 0.514 e. The normalized spacial score (nSPS) is 15.4. The number of carbonyl (C=O) groups excluding carboxylic acids is 2. The van der Waals surface area contributed by atoms with Gasteiger partial charge < -0.3 is 18.3 Å². The highest BCUT2D eigenvalue weighted by Gasteiger charge is 2.42. The minimum absolute atomic E-state index is 0.132. The molecule has 0 heterocycles. The van der Waals surface area contributed by atoms with Crippen LogP contribution in [-0.2, 0) is 18.4 Å². The lowest BCUT2D eigenvalue weighted by Crippen LogP contribution is -2.49. The smallest absolute Gasteiger partial charge is 0.465 e. The third-order valence-electron chi connectivity index (χ3n) is 7.56. The average Bonchev–Trinajstić information content (AvgIpc) is 2.74.